The van der Waals surface area contributed by atoms with Crippen LogP contribution in [0, 0.1) is 0 Å². The van der Waals surface area contributed by atoms with Crippen LogP contribution in [-0.2, 0) is 22.4 Å². The Morgan fingerprint density at radius 3 is 0.727 bits per heavy atom. The zero-order valence-electron chi connectivity index (χ0n) is 6.85. The molecule has 0 aliphatic carbocycles. The average molecular weight is 345 g/mol. The minimum Gasteiger partial charge on any atom is -0.330 e. The van der Waals surface area contributed by atoms with Crippen molar-refractivity contribution >= 4 is 0 Å². The van der Waals surface area contributed by atoms with Crippen LogP contribution in [0.5, 0.6) is 0 Å². The van der Waals surface area contributed by atoms with E-state index in [0.29, 0.717) is 0 Å². The molecule has 0 fully saturated rings. The molecule has 75 valence electrons. The SMILES string of the molecule is NCCCN.NCCCN.[Au]. The van der Waals surface area contributed by atoms with Crippen molar-refractivity contribution in [1.29, 1.82) is 0 Å². The van der Waals surface area contributed by atoms with Crippen LogP contribution < -0.4 is 22.9 Å². The summed E-state index contributed by atoms with van der Waals surface area (Å²) < 4.78 is 0. The van der Waals surface area contributed by atoms with Gasteiger partial charge in [-0.2, -0.15) is 0 Å². The van der Waals surface area contributed by atoms with Gasteiger partial charge in [0.15, 0.2) is 0 Å². The van der Waals surface area contributed by atoms with E-state index in [4.69, 9.17) is 22.9 Å². The minimum atomic E-state index is 0. The molecular weight excluding hydrogens is 325 g/mol. The molecule has 5 heteroatoms. The number of rotatable bonds is 4. The molecular formula is C6H20AuN4. The molecule has 0 rings (SSSR count). The van der Waals surface area contributed by atoms with E-state index >= 15 is 0 Å². The Morgan fingerprint density at radius 2 is 0.727 bits per heavy atom. The average Bonchev–Trinajstić information content (AvgIpc) is 1.93. The van der Waals surface area contributed by atoms with Gasteiger partial charge in [-0.05, 0) is 39.0 Å². The second-order valence-electron chi connectivity index (χ2n) is 1.86. The third kappa shape index (κ3) is 37.1. The summed E-state index contributed by atoms with van der Waals surface area (Å²) in [5.74, 6) is 0. The van der Waals surface area contributed by atoms with Gasteiger partial charge in [-0.1, -0.05) is 0 Å². The molecule has 0 atom stereocenters. The monoisotopic (exact) mass is 345 g/mol. The minimum absolute atomic E-state index is 0. The van der Waals surface area contributed by atoms with Gasteiger partial charge < -0.3 is 22.9 Å². The van der Waals surface area contributed by atoms with Crippen LogP contribution in [0.2, 0.25) is 0 Å². The predicted molar refractivity (Wildman–Crippen MR) is 45.5 cm³/mol. The van der Waals surface area contributed by atoms with E-state index in [1.54, 1.807) is 0 Å². The van der Waals surface area contributed by atoms with E-state index in [1.165, 1.54) is 0 Å². The Bertz CT molecular complexity index is 35.6. The molecule has 0 aromatic heterocycles. The quantitative estimate of drug-likeness (QED) is 0.470. The Labute approximate surface area is 84.6 Å². The molecule has 0 spiro atoms. The molecule has 0 aliphatic rings. The van der Waals surface area contributed by atoms with Crippen molar-refractivity contribution in [3.8, 4) is 0 Å². The van der Waals surface area contributed by atoms with Gasteiger partial charge >= 0.3 is 0 Å². The number of hydrogen-bond donors (Lipinski definition) is 4. The van der Waals surface area contributed by atoms with Gasteiger partial charge in [-0.25, -0.2) is 0 Å². The summed E-state index contributed by atoms with van der Waals surface area (Å²) in [5, 5.41) is 0. The predicted octanol–water partition coefficient (Wildman–Crippen LogP) is -1.41. The molecule has 0 unspecified atom stereocenters. The molecule has 1 radical (unpaired) electrons. The third-order valence-electron chi connectivity index (χ3n) is 0.816. The van der Waals surface area contributed by atoms with Crippen LogP contribution in [0.25, 0.3) is 0 Å². The van der Waals surface area contributed by atoms with Gasteiger partial charge in [0.25, 0.3) is 0 Å². The molecule has 4 nitrogen and oxygen atoms in total. The Balaban J connectivity index is -0.000000107. The molecule has 0 heterocycles. The van der Waals surface area contributed by atoms with Gasteiger partial charge in [0.05, 0.1) is 0 Å². The van der Waals surface area contributed by atoms with Gasteiger partial charge in [0.1, 0.15) is 0 Å². The first kappa shape index (κ1) is 17.6. The topological polar surface area (TPSA) is 104 Å². The summed E-state index contributed by atoms with van der Waals surface area (Å²) in [4.78, 5) is 0. The molecule has 0 bridgehead atoms. The van der Waals surface area contributed by atoms with Crippen LogP contribution in [0.15, 0.2) is 0 Å². The molecule has 0 aromatic rings. The van der Waals surface area contributed by atoms with Gasteiger partial charge in [-0.3, -0.25) is 0 Å². The second-order valence-corrected chi connectivity index (χ2v) is 1.86. The molecule has 8 N–H and O–H groups in total. The maximum absolute atomic E-state index is 5.06. The zero-order chi connectivity index (χ0) is 8.24. The van der Waals surface area contributed by atoms with Crippen LogP contribution >= 0.6 is 0 Å². The third-order valence-corrected chi connectivity index (χ3v) is 0.816. The van der Waals surface area contributed by atoms with Crippen molar-refractivity contribution in [1.82, 2.24) is 0 Å². The van der Waals surface area contributed by atoms with Crippen molar-refractivity contribution in [2.45, 2.75) is 12.8 Å². The van der Waals surface area contributed by atoms with Crippen molar-refractivity contribution in [2.75, 3.05) is 26.2 Å². The van der Waals surface area contributed by atoms with Crippen molar-refractivity contribution < 1.29 is 22.4 Å². The molecule has 0 aromatic carbocycles. The fourth-order valence-corrected chi connectivity index (χ4v) is 0.236. The molecule has 11 heavy (non-hydrogen) atoms. The van der Waals surface area contributed by atoms with Crippen molar-refractivity contribution in [3.05, 3.63) is 0 Å². The summed E-state index contributed by atoms with van der Waals surface area (Å²) >= 11 is 0. The Hall–Kier alpha value is 0.580. The van der Waals surface area contributed by atoms with Gasteiger partial charge in [-0.15, -0.1) is 0 Å². The van der Waals surface area contributed by atoms with Gasteiger partial charge in [0.2, 0.25) is 0 Å². The zero-order valence-corrected chi connectivity index (χ0v) is 9.02. The van der Waals surface area contributed by atoms with E-state index < -0.39 is 0 Å². The first-order valence-corrected chi connectivity index (χ1v) is 3.63. The van der Waals surface area contributed by atoms with E-state index in [1.807, 2.05) is 0 Å². The van der Waals surface area contributed by atoms with E-state index in [9.17, 15) is 0 Å². The Kier molecular flexibility index (Phi) is 35.9. The molecule has 0 saturated carbocycles. The summed E-state index contributed by atoms with van der Waals surface area (Å²) in [6, 6.07) is 0. The summed E-state index contributed by atoms with van der Waals surface area (Å²) in [5.41, 5.74) is 20.2. The van der Waals surface area contributed by atoms with Crippen LogP contribution in [0.4, 0.5) is 0 Å². The van der Waals surface area contributed by atoms with Crippen LogP contribution in [-0.4, -0.2) is 26.2 Å². The van der Waals surface area contributed by atoms with Crippen LogP contribution in [0.3, 0.4) is 0 Å². The largest absolute Gasteiger partial charge is 0.330 e. The number of hydrogen-bond acceptors (Lipinski definition) is 4. The first-order valence-electron chi connectivity index (χ1n) is 3.63. The summed E-state index contributed by atoms with van der Waals surface area (Å²) in [6.45, 7) is 2.88. The van der Waals surface area contributed by atoms with Crippen molar-refractivity contribution in [2.24, 2.45) is 22.9 Å². The second kappa shape index (κ2) is 22.4. The molecule has 0 amide bonds. The van der Waals surface area contributed by atoms with Crippen LogP contribution in [0.1, 0.15) is 12.8 Å². The smallest absolute Gasteiger partial charge is 0 e. The van der Waals surface area contributed by atoms with E-state index in [0.717, 1.165) is 39.0 Å². The van der Waals surface area contributed by atoms with E-state index in [2.05, 4.69) is 0 Å². The van der Waals surface area contributed by atoms with Gasteiger partial charge in [0, 0.05) is 22.4 Å². The van der Waals surface area contributed by atoms with E-state index in [-0.39, 0.29) is 22.4 Å². The molecule has 0 saturated heterocycles. The maximum Gasteiger partial charge on any atom is 0 e. The molecule has 0 aliphatic heterocycles. The summed E-state index contributed by atoms with van der Waals surface area (Å²) in [6.07, 6.45) is 1.89. The number of nitrogens with two attached hydrogens (primary N) is 4. The summed E-state index contributed by atoms with van der Waals surface area (Å²) in [7, 11) is 0. The first-order chi connectivity index (χ1) is 4.83. The fraction of sp³-hybridized carbons (Fsp3) is 1.00. The maximum atomic E-state index is 5.06. The Morgan fingerprint density at radius 1 is 0.545 bits per heavy atom. The fourth-order valence-electron chi connectivity index (χ4n) is 0.236. The van der Waals surface area contributed by atoms with Crippen molar-refractivity contribution in [3.63, 3.8) is 0 Å². The normalized spacial score (nSPS) is 7.64. The standard InChI is InChI=1S/2C3H10N2.Au/c2*4-2-1-3-5;/h2*1-5H2;.